The van der Waals surface area contributed by atoms with Gasteiger partial charge in [0.2, 0.25) is 11.8 Å². The molecule has 0 radical (unpaired) electrons. The van der Waals surface area contributed by atoms with Crippen molar-refractivity contribution < 1.29 is 18.0 Å². The van der Waals surface area contributed by atoms with Gasteiger partial charge in [-0.1, -0.05) is 27.7 Å². The van der Waals surface area contributed by atoms with Crippen LogP contribution < -0.4 is 5.32 Å². The van der Waals surface area contributed by atoms with Gasteiger partial charge in [0.25, 0.3) is 0 Å². The summed E-state index contributed by atoms with van der Waals surface area (Å²) >= 11 is 0. The predicted octanol–water partition coefficient (Wildman–Crippen LogP) is 0.573. The zero-order chi connectivity index (χ0) is 16.4. The number of carbonyl (C=O) groups is 2. The number of hydrogen-bond donors (Lipinski definition) is 1. The number of amides is 2. The first-order valence-corrected chi connectivity index (χ1v) is 9.24. The molecule has 1 fully saturated rings. The molecule has 0 bridgehead atoms. The minimum absolute atomic E-state index is 0.0341. The van der Waals surface area contributed by atoms with E-state index < -0.39 is 21.4 Å². The number of nitrogens with one attached hydrogen (secondary N) is 1. The quantitative estimate of drug-likeness (QED) is 0.776. The van der Waals surface area contributed by atoms with E-state index in [0.29, 0.717) is 6.42 Å². The Labute approximate surface area is 127 Å². The number of sulfone groups is 1. The summed E-state index contributed by atoms with van der Waals surface area (Å²) in [5.41, 5.74) is -0.980. The van der Waals surface area contributed by atoms with Crippen LogP contribution in [0.25, 0.3) is 0 Å². The van der Waals surface area contributed by atoms with Crippen LogP contribution in [0.2, 0.25) is 0 Å². The molecule has 6 nitrogen and oxygen atoms in total. The lowest BCUT2D eigenvalue weighted by Gasteiger charge is -2.46. The van der Waals surface area contributed by atoms with Gasteiger partial charge in [-0.25, -0.2) is 8.42 Å². The fourth-order valence-electron chi connectivity index (χ4n) is 2.43. The van der Waals surface area contributed by atoms with Crippen molar-refractivity contribution in [3.8, 4) is 0 Å². The molecule has 0 aliphatic carbocycles. The lowest BCUT2D eigenvalue weighted by Crippen LogP contribution is -2.70. The molecule has 1 saturated heterocycles. The maximum absolute atomic E-state index is 12.6. The van der Waals surface area contributed by atoms with Crippen LogP contribution in [0.1, 0.15) is 41.0 Å². The normalized spacial score (nSPS) is 27.1. The number of piperazine rings is 1. The van der Waals surface area contributed by atoms with Crippen molar-refractivity contribution in [1.82, 2.24) is 10.2 Å². The minimum Gasteiger partial charge on any atom is -0.342 e. The molecule has 0 aromatic rings. The second-order valence-corrected chi connectivity index (χ2v) is 8.52. The van der Waals surface area contributed by atoms with Crippen molar-refractivity contribution >= 4 is 21.7 Å². The van der Waals surface area contributed by atoms with Gasteiger partial charge in [0.05, 0.1) is 5.75 Å². The van der Waals surface area contributed by atoms with Crippen LogP contribution in [-0.4, -0.2) is 54.8 Å². The minimum atomic E-state index is -3.18. The van der Waals surface area contributed by atoms with Gasteiger partial charge in [-0.05, 0) is 19.3 Å². The molecule has 2 atom stereocenters. The van der Waals surface area contributed by atoms with E-state index in [-0.39, 0.29) is 35.8 Å². The second-order valence-electron chi connectivity index (χ2n) is 6.05. The van der Waals surface area contributed by atoms with Gasteiger partial charge < -0.3 is 10.2 Å². The molecular weight excluding hydrogens is 292 g/mol. The molecular formula is C14H26N2O4S. The van der Waals surface area contributed by atoms with Crippen LogP contribution in [0.4, 0.5) is 0 Å². The summed E-state index contributed by atoms with van der Waals surface area (Å²) in [6, 6.07) is -0.582. The monoisotopic (exact) mass is 318 g/mol. The molecule has 1 rings (SSSR count). The molecule has 0 spiro atoms. The zero-order valence-electron chi connectivity index (χ0n) is 13.5. The van der Waals surface area contributed by atoms with E-state index in [1.165, 1.54) is 4.90 Å². The van der Waals surface area contributed by atoms with Crippen molar-refractivity contribution in [3.63, 3.8) is 0 Å². The molecule has 1 N–H and O–H groups in total. The summed E-state index contributed by atoms with van der Waals surface area (Å²) < 4.78 is 23.4. The second kappa shape index (κ2) is 6.34. The predicted molar refractivity (Wildman–Crippen MR) is 81.5 cm³/mol. The van der Waals surface area contributed by atoms with Crippen LogP contribution in [-0.2, 0) is 19.4 Å². The highest BCUT2D eigenvalue weighted by molar-refractivity contribution is 7.91. The van der Waals surface area contributed by atoms with Gasteiger partial charge in [0.1, 0.15) is 11.6 Å². The van der Waals surface area contributed by atoms with E-state index in [9.17, 15) is 18.0 Å². The Morgan fingerprint density at radius 3 is 2.29 bits per heavy atom. The topological polar surface area (TPSA) is 83.6 Å². The van der Waals surface area contributed by atoms with Crippen molar-refractivity contribution in [2.45, 2.75) is 52.6 Å². The maximum atomic E-state index is 12.6. The van der Waals surface area contributed by atoms with E-state index in [2.05, 4.69) is 5.32 Å². The van der Waals surface area contributed by atoms with Gasteiger partial charge in [-0.2, -0.15) is 0 Å². The Morgan fingerprint density at radius 2 is 1.86 bits per heavy atom. The molecule has 1 aliphatic rings. The summed E-state index contributed by atoms with van der Waals surface area (Å²) in [6.45, 7) is 8.88. The Morgan fingerprint density at radius 1 is 1.29 bits per heavy atom. The maximum Gasteiger partial charge on any atom is 0.246 e. The molecule has 1 aliphatic heterocycles. The number of hydrogen-bond acceptors (Lipinski definition) is 4. The number of rotatable bonds is 6. The van der Waals surface area contributed by atoms with Gasteiger partial charge in [-0.3, -0.25) is 9.59 Å². The summed E-state index contributed by atoms with van der Waals surface area (Å²) in [4.78, 5) is 26.4. The molecule has 0 aromatic heterocycles. The Balaban J connectivity index is 3.07. The average Bonchev–Trinajstić information content (AvgIpc) is 2.42. The molecule has 0 aromatic carbocycles. The lowest BCUT2D eigenvalue weighted by molar-refractivity contribution is -0.157. The van der Waals surface area contributed by atoms with Crippen molar-refractivity contribution in [2.75, 3.05) is 18.1 Å². The molecule has 1 heterocycles. The summed E-state index contributed by atoms with van der Waals surface area (Å²) in [5, 5.41) is 2.77. The fourth-order valence-corrected chi connectivity index (χ4v) is 3.18. The first kappa shape index (κ1) is 17.9. The van der Waals surface area contributed by atoms with Crippen LogP contribution in [0.5, 0.6) is 0 Å². The molecule has 21 heavy (non-hydrogen) atoms. The molecule has 2 amide bonds. The van der Waals surface area contributed by atoms with E-state index in [4.69, 9.17) is 0 Å². The third kappa shape index (κ3) is 3.56. The van der Waals surface area contributed by atoms with Crippen LogP contribution in [0, 0.1) is 5.92 Å². The summed E-state index contributed by atoms with van der Waals surface area (Å²) in [7, 11) is -3.18. The van der Waals surface area contributed by atoms with E-state index >= 15 is 0 Å². The van der Waals surface area contributed by atoms with Gasteiger partial charge >= 0.3 is 0 Å². The van der Waals surface area contributed by atoms with Gasteiger partial charge in [-0.15, -0.1) is 0 Å². The third-order valence-corrected chi connectivity index (χ3v) is 6.01. The smallest absolute Gasteiger partial charge is 0.246 e. The van der Waals surface area contributed by atoms with Crippen molar-refractivity contribution in [3.05, 3.63) is 0 Å². The Hall–Kier alpha value is -1.11. The third-order valence-electron chi connectivity index (χ3n) is 4.32. The standard InChI is InChI=1S/C14H26N2O4S/c1-6-14(5)13(18)15-11(10(3)4)12(17)16(14)8-9-21(19,20)7-2/h10-11H,6-9H2,1-5H3,(H,15,18). The molecule has 122 valence electrons. The number of nitrogens with zero attached hydrogens (tertiary/aromatic N) is 1. The largest absolute Gasteiger partial charge is 0.342 e. The van der Waals surface area contributed by atoms with Crippen LogP contribution >= 0.6 is 0 Å². The lowest BCUT2D eigenvalue weighted by atomic mass is 9.88. The molecule has 2 unspecified atom stereocenters. The summed E-state index contributed by atoms with van der Waals surface area (Å²) in [5.74, 6) is -0.508. The zero-order valence-corrected chi connectivity index (χ0v) is 14.3. The van der Waals surface area contributed by atoms with E-state index in [1.54, 1.807) is 13.8 Å². The molecule has 0 saturated carbocycles. The average molecular weight is 318 g/mol. The molecule has 7 heteroatoms. The fraction of sp³-hybridized carbons (Fsp3) is 0.857. The summed E-state index contributed by atoms with van der Waals surface area (Å²) in [6.07, 6.45) is 0.446. The van der Waals surface area contributed by atoms with Gasteiger partial charge in [0.15, 0.2) is 9.84 Å². The highest BCUT2D eigenvalue weighted by Gasteiger charge is 2.48. The number of carbonyl (C=O) groups excluding carboxylic acids is 2. The highest BCUT2D eigenvalue weighted by atomic mass is 32.2. The van der Waals surface area contributed by atoms with Gasteiger partial charge in [0, 0.05) is 12.3 Å². The highest BCUT2D eigenvalue weighted by Crippen LogP contribution is 2.27. The van der Waals surface area contributed by atoms with Crippen molar-refractivity contribution in [1.29, 1.82) is 0 Å². The van der Waals surface area contributed by atoms with E-state index in [0.717, 1.165) is 0 Å². The first-order valence-electron chi connectivity index (χ1n) is 7.42. The van der Waals surface area contributed by atoms with Crippen molar-refractivity contribution in [2.24, 2.45) is 5.92 Å². The Bertz CT molecular complexity index is 515. The van der Waals surface area contributed by atoms with E-state index in [1.807, 2.05) is 20.8 Å². The van der Waals surface area contributed by atoms with Crippen LogP contribution in [0.3, 0.4) is 0 Å². The van der Waals surface area contributed by atoms with Crippen LogP contribution in [0.15, 0.2) is 0 Å². The SMILES string of the molecule is CCC1(C)C(=O)NC(C(C)C)C(=O)N1CCS(=O)(=O)CC. The Kier molecular flexibility index (Phi) is 5.41. The first-order chi connectivity index (χ1) is 9.59.